The Morgan fingerprint density at radius 2 is 1.68 bits per heavy atom. The van der Waals surface area contributed by atoms with Crippen molar-refractivity contribution in [2.45, 2.75) is 20.8 Å². The van der Waals surface area contributed by atoms with E-state index in [9.17, 15) is 4.79 Å². The first kappa shape index (κ1) is 20.8. The smallest absolute Gasteiger partial charge is 0.262 e. The van der Waals surface area contributed by atoms with E-state index in [0.29, 0.717) is 5.75 Å². The van der Waals surface area contributed by atoms with Gasteiger partial charge in [-0.2, -0.15) is 0 Å². The van der Waals surface area contributed by atoms with Crippen molar-refractivity contribution < 1.29 is 9.53 Å². The third-order valence-electron chi connectivity index (χ3n) is 4.91. The molecule has 0 unspecified atom stereocenters. The Bertz CT molecular complexity index is 1190. The number of nitrogens with zero attached hydrogens (tertiary/aromatic N) is 1. The maximum Gasteiger partial charge on any atom is 0.262 e. The minimum Gasteiger partial charge on any atom is -0.484 e. The van der Waals surface area contributed by atoms with Crippen LogP contribution in [0.1, 0.15) is 16.7 Å². The molecule has 1 amide bonds. The van der Waals surface area contributed by atoms with Crippen LogP contribution in [0.4, 0.5) is 5.69 Å². The third kappa shape index (κ3) is 5.19. The molecule has 4 aromatic rings. The summed E-state index contributed by atoms with van der Waals surface area (Å²) < 4.78 is 5.63. The van der Waals surface area contributed by atoms with Crippen LogP contribution in [0.3, 0.4) is 0 Å². The Kier molecular flexibility index (Phi) is 6.14. The summed E-state index contributed by atoms with van der Waals surface area (Å²) in [5.41, 5.74) is 7.26. The second-order valence-electron chi connectivity index (χ2n) is 7.59. The monoisotopic (exact) mass is 428 g/mol. The van der Waals surface area contributed by atoms with Crippen LogP contribution in [-0.2, 0) is 4.79 Å². The van der Waals surface area contributed by atoms with E-state index in [1.165, 1.54) is 5.56 Å². The van der Waals surface area contributed by atoms with Gasteiger partial charge in [0.2, 0.25) is 0 Å². The lowest BCUT2D eigenvalue weighted by Gasteiger charge is -2.09. The van der Waals surface area contributed by atoms with E-state index >= 15 is 0 Å². The lowest BCUT2D eigenvalue weighted by Crippen LogP contribution is -2.20. The summed E-state index contributed by atoms with van der Waals surface area (Å²) >= 11 is 1.64. The van der Waals surface area contributed by atoms with Crippen LogP contribution in [0, 0.1) is 20.8 Å². The molecule has 156 valence electrons. The molecule has 3 aromatic carbocycles. The van der Waals surface area contributed by atoms with Gasteiger partial charge in [-0.3, -0.25) is 4.79 Å². The topological polar surface area (TPSA) is 51.2 Å². The molecule has 4 nitrogen and oxygen atoms in total. The molecule has 0 aliphatic rings. The number of anilines is 1. The molecule has 0 atom stereocenters. The third-order valence-corrected chi connectivity index (χ3v) is 5.78. The Balaban J connectivity index is 1.38. The average molecular weight is 429 g/mol. The van der Waals surface area contributed by atoms with E-state index in [1.807, 2.05) is 62.4 Å². The number of hydrogen-bond donors (Lipinski definition) is 1. The molecule has 4 rings (SSSR count). The van der Waals surface area contributed by atoms with Crippen LogP contribution in [0.2, 0.25) is 0 Å². The number of aromatic nitrogens is 1. The summed E-state index contributed by atoms with van der Waals surface area (Å²) in [5, 5.41) is 5.95. The van der Waals surface area contributed by atoms with Crippen LogP contribution < -0.4 is 10.1 Å². The van der Waals surface area contributed by atoms with Crippen molar-refractivity contribution >= 4 is 22.9 Å². The van der Waals surface area contributed by atoms with E-state index in [4.69, 9.17) is 9.72 Å². The van der Waals surface area contributed by atoms with Crippen LogP contribution in [0.25, 0.3) is 21.8 Å². The molecule has 0 saturated heterocycles. The molecule has 0 spiro atoms. The standard InChI is InChI=1S/C26H24N2O2S/c1-17-12-18(2)14-22(13-17)30-15-25(29)27-21-10-8-20(9-11-21)24-16-31-26(28-24)23-7-5-4-6-19(23)3/h4-14,16H,15H2,1-3H3,(H,27,29). The first-order chi connectivity index (χ1) is 15.0. The van der Waals surface area contributed by atoms with Gasteiger partial charge in [-0.05, 0) is 61.7 Å². The highest BCUT2D eigenvalue weighted by Crippen LogP contribution is 2.31. The number of aryl methyl sites for hydroxylation is 3. The minimum absolute atomic E-state index is 0.0312. The van der Waals surface area contributed by atoms with Gasteiger partial charge in [-0.15, -0.1) is 11.3 Å². The van der Waals surface area contributed by atoms with E-state index in [-0.39, 0.29) is 12.5 Å². The predicted octanol–water partition coefficient (Wildman–Crippen LogP) is 6.42. The van der Waals surface area contributed by atoms with Crippen LogP contribution in [0.5, 0.6) is 5.75 Å². The Labute approximate surface area is 186 Å². The summed E-state index contributed by atoms with van der Waals surface area (Å²) in [6.07, 6.45) is 0. The summed E-state index contributed by atoms with van der Waals surface area (Å²) in [7, 11) is 0. The number of thiazole rings is 1. The quantitative estimate of drug-likeness (QED) is 0.385. The molecule has 0 bridgehead atoms. The second-order valence-corrected chi connectivity index (χ2v) is 8.45. The first-order valence-electron chi connectivity index (χ1n) is 10.1. The number of hydrogen-bond acceptors (Lipinski definition) is 4. The molecule has 1 heterocycles. The number of benzene rings is 3. The zero-order chi connectivity index (χ0) is 21.8. The number of carbonyl (C=O) groups excluding carboxylic acids is 1. The van der Waals surface area contributed by atoms with Crippen molar-refractivity contribution in [2.75, 3.05) is 11.9 Å². The molecule has 1 aromatic heterocycles. The number of nitrogens with one attached hydrogen (secondary N) is 1. The van der Waals surface area contributed by atoms with Gasteiger partial charge in [0.05, 0.1) is 5.69 Å². The fourth-order valence-corrected chi connectivity index (χ4v) is 4.35. The highest BCUT2D eigenvalue weighted by atomic mass is 32.1. The Hall–Kier alpha value is -3.44. The predicted molar refractivity (Wildman–Crippen MR) is 128 cm³/mol. The number of carbonyl (C=O) groups is 1. The zero-order valence-corrected chi connectivity index (χ0v) is 18.6. The molecular formula is C26H24N2O2S. The molecule has 0 radical (unpaired) electrons. The molecule has 1 N–H and O–H groups in total. The van der Waals surface area contributed by atoms with Crippen molar-refractivity contribution in [3.8, 4) is 27.6 Å². The van der Waals surface area contributed by atoms with Crippen molar-refractivity contribution in [2.24, 2.45) is 0 Å². The molecule has 31 heavy (non-hydrogen) atoms. The van der Waals surface area contributed by atoms with Gasteiger partial charge in [0.1, 0.15) is 10.8 Å². The van der Waals surface area contributed by atoms with Crippen molar-refractivity contribution in [1.82, 2.24) is 4.98 Å². The largest absolute Gasteiger partial charge is 0.484 e. The van der Waals surface area contributed by atoms with Gasteiger partial charge in [0.25, 0.3) is 5.91 Å². The van der Waals surface area contributed by atoms with Gasteiger partial charge in [0, 0.05) is 22.2 Å². The van der Waals surface area contributed by atoms with Crippen molar-refractivity contribution in [3.63, 3.8) is 0 Å². The first-order valence-corrected chi connectivity index (χ1v) is 11.0. The molecule has 5 heteroatoms. The lowest BCUT2D eigenvalue weighted by atomic mass is 10.1. The van der Waals surface area contributed by atoms with E-state index in [1.54, 1.807) is 11.3 Å². The summed E-state index contributed by atoms with van der Waals surface area (Å²) in [5.74, 6) is 0.512. The van der Waals surface area contributed by atoms with Crippen molar-refractivity contribution in [1.29, 1.82) is 0 Å². The summed E-state index contributed by atoms with van der Waals surface area (Å²) in [6, 6.07) is 21.9. The normalized spacial score (nSPS) is 10.7. The molecule has 0 aliphatic carbocycles. The summed E-state index contributed by atoms with van der Waals surface area (Å²) in [4.78, 5) is 17.0. The van der Waals surface area contributed by atoms with Crippen LogP contribution >= 0.6 is 11.3 Å². The Morgan fingerprint density at radius 1 is 0.968 bits per heavy atom. The lowest BCUT2D eigenvalue weighted by molar-refractivity contribution is -0.118. The second kappa shape index (κ2) is 9.14. The van der Waals surface area contributed by atoms with Crippen LogP contribution in [-0.4, -0.2) is 17.5 Å². The SMILES string of the molecule is Cc1cc(C)cc(OCC(=O)Nc2ccc(-c3csc(-c4ccccc4C)n3)cc2)c1. The number of ether oxygens (including phenoxy) is 1. The molecule has 0 saturated carbocycles. The highest BCUT2D eigenvalue weighted by molar-refractivity contribution is 7.13. The van der Waals surface area contributed by atoms with Gasteiger partial charge in [0.15, 0.2) is 6.61 Å². The fourth-order valence-electron chi connectivity index (χ4n) is 3.43. The maximum atomic E-state index is 12.3. The van der Waals surface area contributed by atoms with E-state index in [0.717, 1.165) is 38.6 Å². The Morgan fingerprint density at radius 3 is 2.39 bits per heavy atom. The van der Waals surface area contributed by atoms with Gasteiger partial charge in [-0.1, -0.05) is 42.5 Å². The van der Waals surface area contributed by atoms with Crippen molar-refractivity contribution in [3.05, 3.63) is 88.8 Å². The van der Waals surface area contributed by atoms with E-state index < -0.39 is 0 Å². The van der Waals surface area contributed by atoms with Crippen LogP contribution in [0.15, 0.2) is 72.1 Å². The minimum atomic E-state index is -0.192. The fraction of sp³-hybridized carbons (Fsp3) is 0.154. The van der Waals surface area contributed by atoms with Gasteiger partial charge in [-0.25, -0.2) is 4.98 Å². The maximum absolute atomic E-state index is 12.3. The van der Waals surface area contributed by atoms with E-state index in [2.05, 4.69) is 35.8 Å². The van der Waals surface area contributed by atoms with Gasteiger partial charge < -0.3 is 10.1 Å². The summed E-state index contributed by atoms with van der Waals surface area (Å²) in [6.45, 7) is 6.08. The number of amides is 1. The highest BCUT2D eigenvalue weighted by Gasteiger charge is 2.09. The molecule has 0 aliphatic heterocycles. The average Bonchev–Trinajstić information content (AvgIpc) is 3.22. The molecular weight excluding hydrogens is 404 g/mol. The molecule has 0 fully saturated rings. The zero-order valence-electron chi connectivity index (χ0n) is 17.8. The van der Waals surface area contributed by atoms with Gasteiger partial charge >= 0.3 is 0 Å². The number of rotatable bonds is 6.